The Labute approximate surface area is 161 Å². The summed E-state index contributed by atoms with van der Waals surface area (Å²) in [5.41, 5.74) is 0. The molecule has 0 saturated carbocycles. The van der Waals surface area contributed by atoms with E-state index in [1.165, 1.54) is 0 Å². The Bertz CT molecular complexity index is 147. The summed E-state index contributed by atoms with van der Waals surface area (Å²) in [5.74, 6) is -3.54. The van der Waals surface area contributed by atoms with Crippen molar-refractivity contribution in [3.05, 3.63) is 0 Å². The van der Waals surface area contributed by atoms with Crippen molar-refractivity contribution in [2.45, 2.75) is 12.2 Å². The normalized spacial score (nSPS) is 12.2. The SMILES string of the molecule is O=C(O)C(O)C(O)C(=O)O.[K+].[Na+].[Na+]. The quantitative estimate of drug-likeness (QED) is 0.361. The molecule has 0 bridgehead atoms. The van der Waals surface area contributed by atoms with Crippen LogP contribution in [-0.4, -0.2) is 44.6 Å². The molecular formula is C4H6KNa2O6+3. The van der Waals surface area contributed by atoms with E-state index in [1.807, 2.05) is 0 Å². The molecule has 6 nitrogen and oxygen atoms in total. The minimum absolute atomic E-state index is 0. The van der Waals surface area contributed by atoms with Crippen molar-refractivity contribution in [2.24, 2.45) is 0 Å². The standard InChI is InChI=1S/C4H6O6.K.2Na/c5-1(3(7)8)2(6)4(9)10;;;/h1-2,5-6H,(H,7,8)(H,9,10);;;/q;3*+1. The van der Waals surface area contributed by atoms with Gasteiger partial charge in [0.2, 0.25) is 0 Å². The van der Waals surface area contributed by atoms with E-state index in [2.05, 4.69) is 0 Å². The molecule has 9 heteroatoms. The average Bonchev–Trinajstić information content (AvgIpc) is 1.84. The zero-order valence-electron chi connectivity index (χ0n) is 7.76. The molecular weight excluding hydrogens is 229 g/mol. The molecule has 0 rings (SSSR count). The third-order valence-electron chi connectivity index (χ3n) is 0.805. The fraction of sp³-hybridized carbons (Fsp3) is 0.500. The minimum atomic E-state index is -2.27. The van der Waals surface area contributed by atoms with Crippen LogP contribution in [0, 0.1) is 0 Å². The van der Waals surface area contributed by atoms with Crippen LogP contribution in [0.15, 0.2) is 0 Å². The molecule has 0 saturated heterocycles. The Morgan fingerprint density at radius 1 is 0.846 bits per heavy atom. The maximum absolute atomic E-state index is 9.77. The van der Waals surface area contributed by atoms with Gasteiger partial charge in [-0.25, -0.2) is 9.59 Å². The summed E-state index contributed by atoms with van der Waals surface area (Å²) in [6.07, 6.45) is -4.53. The number of carboxylic acid groups (broad SMARTS) is 2. The van der Waals surface area contributed by atoms with Crippen molar-refractivity contribution < 1.29 is 141 Å². The average molecular weight is 235 g/mol. The van der Waals surface area contributed by atoms with Gasteiger partial charge in [-0.1, -0.05) is 0 Å². The summed E-state index contributed by atoms with van der Waals surface area (Å²) in [6, 6.07) is 0. The maximum Gasteiger partial charge on any atom is 1.00 e. The summed E-state index contributed by atoms with van der Waals surface area (Å²) in [4.78, 5) is 19.5. The van der Waals surface area contributed by atoms with Gasteiger partial charge in [0.05, 0.1) is 0 Å². The number of hydrogen-bond acceptors (Lipinski definition) is 4. The van der Waals surface area contributed by atoms with Crippen LogP contribution in [0.25, 0.3) is 0 Å². The van der Waals surface area contributed by atoms with Gasteiger partial charge in [-0.3, -0.25) is 0 Å². The second-order valence-electron chi connectivity index (χ2n) is 1.57. The van der Waals surface area contributed by atoms with E-state index in [4.69, 9.17) is 20.4 Å². The van der Waals surface area contributed by atoms with Gasteiger partial charge in [0.25, 0.3) is 0 Å². The Morgan fingerprint density at radius 2 is 1.00 bits per heavy atom. The Kier molecular flexibility index (Phi) is 23.8. The number of carboxylic acids is 2. The first kappa shape index (κ1) is 24.6. The summed E-state index contributed by atoms with van der Waals surface area (Å²) < 4.78 is 0. The summed E-state index contributed by atoms with van der Waals surface area (Å²) in [6.45, 7) is 0. The van der Waals surface area contributed by atoms with E-state index in [0.29, 0.717) is 0 Å². The Balaban J connectivity index is -0.000000135. The largest absolute Gasteiger partial charge is 1.00 e. The van der Waals surface area contributed by atoms with Crippen molar-refractivity contribution in [3.8, 4) is 0 Å². The molecule has 0 aromatic carbocycles. The second kappa shape index (κ2) is 12.6. The molecule has 0 aliphatic carbocycles. The van der Waals surface area contributed by atoms with Gasteiger partial charge in [0.15, 0.2) is 12.2 Å². The van der Waals surface area contributed by atoms with Gasteiger partial charge in [-0.05, 0) is 0 Å². The molecule has 0 radical (unpaired) electrons. The van der Waals surface area contributed by atoms with Gasteiger partial charge in [-0.2, -0.15) is 0 Å². The van der Waals surface area contributed by atoms with Crippen molar-refractivity contribution in [3.63, 3.8) is 0 Å². The van der Waals surface area contributed by atoms with E-state index in [9.17, 15) is 9.59 Å². The maximum atomic E-state index is 9.77. The van der Waals surface area contributed by atoms with Crippen LogP contribution in [0.5, 0.6) is 0 Å². The van der Waals surface area contributed by atoms with E-state index < -0.39 is 24.1 Å². The van der Waals surface area contributed by atoms with Crippen LogP contribution in [0.4, 0.5) is 0 Å². The molecule has 4 N–H and O–H groups in total. The van der Waals surface area contributed by atoms with E-state index >= 15 is 0 Å². The minimum Gasteiger partial charge on any atom is -0.479 e. The predicted octanol–water partition coefficient (Wildman–Crippen LogP) is -11.1. The molecule has 0 aliphatic heterocycles. The van der Waals surface area contributed by atoms with Gasteiger partial charge in [0, 0.05) is 0 Å². The molecule has 2 atom stereocenters. The summed E-state index contributed by atoms with van der Waals surface area (Å²) in [7, 11) is 0. The topological polar surface area (TPSA) is 115 Å². The van der Waals surface area contributed by atoms with Crippen LogP contribution in [0.3, 0.4) is 0 Å². The third-order valence-corrected chi connectivity index (χ3v) is 0.805. The first-order valence-electron chi connectivity index (χ1n) is 2.28. The van der Waals surface area contributed by atoms with E-state index in [-0.39, 0.29) is 110 Å². The second-order valence-corrected chi connectivity index (χ2v) is 1.57. The Morgan fingerprint density at radius 3 is 1.08 bits per heavy atom. The number of aliphatic hydroxyl groups is 2. The summed E-state index contributed by atoms with van der Waals surface area (Å²) in [5, 5.41) is 32.5. The van der Waals surface area contributed by atoms with Crippen molar-refractivity contribution in [1.82, 2.24) is 0 Å². The van der Waals surface area contributed by atoms with Gasteiger partial charge in [-0.15, -0.1) is 0 Å². The first-order chi connectivity index (χ1) is 4.46. The molecule has 0 amide bonds. The molecule has 2 unspecified atom stereocenters. The molecule has 13 heavy (non-hydrogen) atoms. The zero-order valence-corrected chi connectivity index (χ0v) is 14.9. The molecule has 0 spiro atoms. The van der Waals surface area contributed by atoms with E-state index in [1.54, 1.807) is 0 Å². The fourth-order valence-electron chi connectivity index (χ4n) is 0.270. The molecule has 0 aromatic rings. The molecule has 0 fully saturated rings. The Hall–Kier alpha value is 2.50. The van der Waals surface area contributed by atoms with Crippen LogP contribution in [-0.2, 0) is 9.59 Å². The van der Waals surface area contributed by atoms with Crippen LogP contribution in [0.1, 0.15) is 0 Å². The van der Waals surface area contributed by atoms with E-state index in [0.717, 1.165) is 0 Å². The fourth-order valence-corrected chi connectivity index (χ4v) is 0.270. The zero-order chi connectivity index (χ0) is 8.31. The van der Waals surface area contributed by atoms with Crippen molar-refractivity contribution in [2.75, 3.05) is 0 Å². The van der Waals surface area contributed by atoms with Gasteiger partial charge < -0.3 is 20.4 Å². The molecule has 0 aliphatic rings. The number of hydrogen-bond donors (Lipinski definition) is 4. The van der Waals surface area contributed by atoms with Gasteiger partial charge >= 0.3 is 122 Å². The number of carbonyl (C=O) groups is 2. The number of aliphatic carboxylic acids is 2. The van der Waals surface area contributed by atoms with Crippen LogP contribution < -0.4 is 110 Å². The van der Waals surface area contributed by atoms with Crippen molar-refractivity contribution >= 4 is 11.9 Å². The number of aliphatic hydroxyl groups excluding tert-OH is 2. The smallest absolute Gasteiger partial charge is 0.479 e. The third kappa shape index (κ3) is 10.8. The number of rotatable bonds is 3. The van der Waals surface area contributed by atoms with Crippen LogP contribution in [0.2, 0.25) is 0 Å². The molecule has 0 heterocycles. The van der Waals surface area contributed by atoms with Gasteiger partial charge in [0.1, 0.15) is 0 Å². The van der Waals surface area contributed by atoms with Crippen LogP contribution >= 0.6 is 0 Å². The molecule has 0 aromatic heterocycles. The van der Waals surface area contributed by atoms with Crippen molar-refractivity contribution in [1.29, 1.82) is 0 Å². The first-order valence-corrected chi connectivity index (χ1v) is 2.28. The summed E-state index contributed by atoms with van der Waals surface area (Å²) >= 11 is 0. The monoisotopic (exact) mass is 235 g/mol. The predicted molar refractivity (Wildman–Crippen MR) is 27.3 cm³/mol. The molecule has 58 valence electrons.